The second-order valence-electron chi connectivity index (χ2n) is 9.73. The molecule has 0 bridgehead atoms. The van der Waals surface area contributed by atoms with E-state index >= 15 is 0 Å². The number of rotatable bonds is 5. The third-order valence-electron chi connectivity index (χ3n) is 7.33. The number of hydrogen-bond donors (Lipinski definition) is 2. The highest BCUT2D eigenvalue weighted by Gasteiger charge is 2.53. The van der Waals surface area contributed by atoms with Gasteiger partial charge >= 0.3 is 0 Å². The maximum Gasteiger partial charge on any atom is 0.255 e. The molecular weight excluding hydrogens is 404 g/mol. The van der Waals surface area contributed by atoms with E-state index in [4.69, 9.17) is 4.98 Å². The predicted molar refractivity (Wildman–Crippen MR) is 119 cm³/mol. The van der Waals surface area contributed by atoms with Gasteiger partial charge in [0.05, 0.1) is 35.2 Å². The van der Waals surface area contributed by atoms with Crippen molar-refractivity contribution in [3.05, 3.63) is 51.9 Å². The third kappa shape index (κ3) is 3.18. The lowest BCUT2D eigenvalue weighted by Crippen LogP contribution is -2.49. The van der Waals surface area contributed by atoms with Crippen LogP contribution in [0.5, 0.6) is 0 Å². The SMILES string of the molecule is Cc1nc(N2CC3(CC3)C2)ncc1Cn1cc(C(=O)N[C@@H]2CCc3c(C)n[nH]c32)c(C)n1. The van der Waals surface area contributed by atoms with Crippen LogP contribution in [0.3, 0.4) is 0 Å². The zero-order valence-corrected chi connectivity index (χ0v) is 18.8. The minimum atomic E-state index is -0.103. The quantitative estimate of drug-likeness (QED) is 0.641. The molecule has 0 aromatic carbocycles. The molecule has 4 heterocycles. The van der Waals surface area contributed by atoms with E-state index in [-0.39, 0.29) is 11.9 Å². The highest BCUT2D eigenvalue weighted by atomic mass is 16.1. The Balaban J connectivity index is 1.14. The van der Waals surface area contributed by atoms with Crippen molar-refractivity contribution in [2.24, 2.45) is 5.41 Å². The minimum absolute atomic E-state index is 0.0269. The lowest BCUT2D eigenvalue weighted by atomic mass is 9.98. The summed E-state index contributed by atoms with van der Waals surface area (Å²) in [6.07, 6.45) is 8.24. The summed E-state index contributed by atoms with van der Waals surface area (Å²) in [5, 5.41) is 15.1. The standard InChI is InChI=1S/C23H28N8O/c1-13-16(8-24-22(25-13)30-11-23(12-30)6-7-23)9-31-10-18(15(3)29-31)21(32)26-19-5-4-17-14(2)27-28-20(17)19/h8,10,19H,4-7,9,11-12H2,1-3H3,(H,26,32)(H,27,28)/t19-/m1/s1. The van der Waals surface area contributed by atoms with Gasteiger partial charge in [-0.3, -0.25) is 14.6 Å². The van der Waals surface area contributed by atoms with Gasteiger partial charge in [0.1, 0.15) is 0 Å². The molecular formula is C23H28N8O. The Hall–Kier alpha value is -3.23. The van der Waals surface area contributed by atoms with E-state index in [0.29, 0.717) is 23.2 Å². The van der Waals surface area contributed by atoms with Crippen LogP contribution in [0.4, 0.5) is 5.95 Å². The maximum absolute atomic E-state index is 13.0. The van der Waals surface area contributed by atoms with Gasteiger partial charge in [0.25, 0.3) is 5.91 Å². The molecule has 2 aliphatic carbocycles. The van der Waals surface area contributed by atoms with Crippen LogP contribution in [0.15, 0.2) is 12.4 Å². The first-order chi connectivity index (χ1) is 15.4. The van der Waals surface area contributed by atoms with Crippen molar-refractivity contribution in [3.63, 3.8) is 0 Å². The number of H-pyrrole nitrogens is 1. The van der Waals surface area contributed by atoms with E-state index < -0.39 is 0 Å². The molecule has 166 valence electrons. The van der Waals surface area contributed by atoms with E-state index in [1.54, 1.807) is 4.68 Å². The number of aryl methyl sites for hydroxylation is 3. The molecule has 9 nitrogen and oxygen atoms in total. The Kier molecular flexibility index (Phi) is 4.18. The monoisotopic (exact) mass is 432 g/mol. The summed E-state index contributed by atoms with van der Waals surface area (Å²) >= 11 is 0. The second kappa shape index (κ2) is 6.88. The minimum Gasteiger partial charge on any atom is -0.344 e. The summed E-state index contributed by atoms with van der Waals surface area (Å²) in [7, 11) is 0. The van der Waals surface area contributed by atoms with Crippen molar-refractivity contribution in [1.29, 1.82) is 0 Å². The van der Waals surface area contributed by atoms with Crippen LogP contribution in [0.2, 0.25) is 0 Å². The lowest BCUT2D eigenvalue weighted by Gasteiger charge is -2.40. The van der Waals surface area contributed by atoms with Gasteiger partial charge in [-0.2, -0.15) is 10.2 Å². The Morgan fingerprint density at radius 3 is 2.78 bits per heavy atom. The molecule has 1 atom stereocenters. The van der Waals surface area contributed by atoms with E-state index in [1.165, 1.54) is 18.4 Å². The molecule has 3 aliphatic rings. The molecule has 1 saturated carbocycles. The fraction of sp³-hybridized carbons (Fsp3) is 0.522. The maximum atomic E-state index is 13.0. The number of nitrogens with zero attached hydrogens (tertiary/aromatic N) is 6. The molecule has 1 aliphatic heterocycles. The predicted octanol–water partition coefficient (Wildman–Crippen LogP) is 2.39. The smallest absolute Gasteiger partial charge is 0.255 e. The molecule has 3 aromatic rings. The first kappa shape index (κ1) is 19.5. The average Bonchev–Trinajstić information content (AvgIpc) is 3.13. The van der Waals surface area contributed by atoms with Crippen LogP contribution in [-0.2, 0) is 13.0 Å². The highest BCUT2D eigenvalue weighted by molar-refractivity contribution is 5.95. The molecule has 2 fully saturated rings. The number of hydrogen-bond acceptors (Lipinski definition) is 6. The number of fused-ring (bicyclic) bond motifs is 1. The molecule has 0 unspecified atom stereocenters. The summed E-state index contributed by atoms with van der Waals surface area (Å²) in [4.78, 5) is 24.5. The van der Waals surface area contributed by atoms with E-state index in [9.17, 15) is 4.79 Å². The van der Waals surface area contributed by atoms with Gasteiger partial charge in [0.2, 0.25) is 5.95 Å². The Labute approximate surface area is 186 Å². The van der Waals surface area contributed by atoms with Crippen molar-refractivity contribution in [1.82, 2.24) is 35.3 Å². The Morgan fingerprint density at radius 2 is 2.03 bits per heavy atom. The average molecular weight is 433 g/mol. The van der Waals surface area contributed by atoms with Crippen LogP contribution in [0.1, 0.15) is 69.6 Å². The van der Waals surface area contributed by atoms with E-state index in [1.807, 2.05) is 33.2 Å². The van der Waals surface area contributed by atoms with Crippen molar-refractivity contribution < 1.29 is 4.79 Å². The molecule has 0 radical (unpaired) electrons. The van der Waals surface area contributed by atoms with Crippen molar-refractivity contribution >= 4 is 11.9 Å². The number of nitrogens with one attached hydrogen (secondary N) is 2. The molecule has 9 heteroatoms. The van der Waals surface area contributed by atoms with Gasteiger partial charge in [-0.05, 0) is 52.0 Å². The van der Waals surface area contributed by atoms with Gasteiger partial charge < -0.3 is 10.2 Å². The molecule has 32 heavy (non-hydrogen) atoms. The summed E-state index contributed by atoms with van der Waals surface area (Å²) in [6.45, 7) is 8.60. The molecule has 1 amide bonds. The van der Waals surface area contributed by atoms with Gasteiger partial charge in [-0.1, -0.05) is 0 Å². The topological polar surface area (TPSA) is 105 Å². The Morgan fingerprint density at radius 1 is 1.22 bits per heavy atom. The summed E-state index contributed by atoms with van der Waals surface area (Å²) in [5.74, 6) is 0.722. The number of aromatic nitrogens is 6. The third-order valence-corrected chi connectivity index (χ3v) is 7.33. The number of carbonyl (C=O) groups is 1. The van der Waals surface area contributed by atoms with Gasteiger partial charge in [0, 0.05) is 42.2 Å². The molecule has 3 aromatic heterocycles. The molecule has 6 rings (SSSR count). The number of aromatic amines is 1. The second-order valence-corrected chi connectivity index (χ2v) is 9.73. The van der Waals surface area contributed by atoms with Crippen molar-refractivity contribution in [2.45, 2.75) is 59.0 Å². The fourth-order valence-electron chi connectivity index (χ4n) is 5.07. The number of carbonyl (C=O) groups excluding carboxylic acids is 1. The van der Waals surface area contributed by atoms with Crippen molar-refractivity contribution in [3.8, 4) is 0 Å². The summed E-state index contributed by atoms with van der Waals surface area (Å²) < 4.78 is 1.80. The van der Waals surface area contributed by atoms with Crippen LogP contribution < -0.4 is 10.2 Å². The number of anilines is 1. The number of amides is 1. The highest BCUT2D eigenvalue weighted by Crippen LogP contribution is 2.53. The summed E-state index contributed by atoms with van der Waals surface area (Å²) in [5.41, 5.74) is 7.14. The molecule has 2 N–H and O–H groups in total. The largest absolute Gasteiger partial charge is 0.344 e. The lowest BCUT2D eigenvalue weighted by molar-refractivity contribution is 0.0935. The van der Waals surface area contributed by atoms with Gasteiger partial charge in [-0.15, -0.1) is 0 Å². The van der Waals surface area contributed by atoms with E-state index in [0.717, 1.165) is 54.5 Å². The Bertz CT molecular complexity index is 1210. The molecule has 1 saturated heterocycles. The summed E-state index contributed by atoms with van der Waals surface area (Å²) in [6, 6.07) is -0.0269. The zero-order chi connectivity index (χ0) is 22.0. The first-order valence-electron chi connectivity index (χ1n) is 11.4. The van der Waals surface area contributed by atoms with Gasteiger partial charge in [-0.25, -0.2) is 9.97 Å². The zero-order valence-electron chi connectivity index (χ0n) is 18.8. The molecule has 1 spiro atoms. The van der Waals surface area contributed by atoms with Gasteiger partial charge in [0.15, 0.2) is 0 Å². The first-order valence-corrected chi connectivity index (χ1v) is 11.4. The van der Waals surface area contributed by atoms with Crippen LogP contribution in [0.25, 0.3) is 0 Å². The normalized spacial score (nSPS) is 20.3. The fourth-order valence-corrected chi connectivity index (χ4v) is 5.07. The van der Waals surface area contributed by atoms with E-state index in [2.05, 4.69) is 30.5 Å². The van der Waals surface area contributed by atoms with Crippen molar-refractivity contribution in [2.75, 3.05) is 18.0 Å². The van der Waals surface area contributed by atoms with Crippen LogP contribution >= 0.6 is 0 Å². The van der Waals surface area contributed by atoms with Crippen LogP contribution in [0, 0.1) is 26.2 Å². The van der Waals surface area contributed by atoms with Crippen LogP contribution in [-0.4, -0.2) is 48.9 Å².